The zero-order chi connectivity index (χ0) is 14.9. The third-order valence-corrected chi connectivity index (χ3v) is 4.67. The number of ketones is 1. The molecule has 0 spiro atoms. The Labute approximate surface area is 138 Å². The number of fused-ring (bicyclic) bond motifs is 1. The van der Waals surface area contributed by atoms with Gasteiger partial charge in [-0.05, 0) is 25.0 Å². The van der Waals surface area contributed by atoms with Crippen LogP contribution in [0.3, 0.4) is 0 Å². The Kier molecular flexibility index (Phi) is 5.30. The van der Waals surface area contributed by atoms with Gasteiger partial charge in [-0.1, -0.05) is 37.6 Å². The van der Waals surface area contributed by atoms with Crippen molar-refractivity contribution in [2.75, 3.05) is 26.3 Å². The molecule has 22 heavy (non-hydrogen) atoms. The van der Waals surface area contributed by atoms with Crippen LogP contribution in [0.2, 0.25) is 0 Å². The fourth-order valence-electron chi connectivity index (χ4n) is 3.54. The van der Waals surface area contributed by atoms with E-state index in [0.717, 1.165) is 50.3 Å². The lowest BCUT2D eigenvalue weighted by molar-refractivity contribution is 0.0396. The first-order valence-corrected chi connectivity index (χ1v) is 7.85. The summed E-state index contributed by atoms with van der Waals surface area (Å²) in [5.74, 6) is 0.268. The molecule has 1 aliphatic heterocycles. The normalized spacial score (nSPS) is 24.4. The van der Waals surface area contributed by atoms with Gasteiger partial charge in [0.15, 0.2) is 5.78 Å². The minimum absolute atomic E-state index is 0. The van der Waals surface area contributed by atoms with Crippen LogP contribution >= 0.6 is 12.4 Å². The van der Waals surface area contributed by atoms with Crippen LogP contribution in [0.5, 0.6) is 0 Å². The quantitative estimate of drug-likeness (QED) is 0.848. The van der Waals surface area contributed by atoms with Crippen LogP contribution in [0.25, 0.3) is 6.08 Å². The Morgan fingerprint density at radius 3 is 2.59 bits per heavy atom. The number of ether oxygens (including phenoxy) is 1. The predicted octanol–water partition coefficient (Wildman–Crippen LogP) is 3.78. The highest BCUT2D eigenvalue weighted by Gasteiger charge is 2.42. The smallest absolute Gasteiger partial charge is 0.175 e. The number of carbonyl (C=O) groups is 1. The van der Waals surface area contributed by atoms with Crippen molar-refractivity contribution < 1.29 is 9.53 Å². The lowest BCUT2D eigenvalue weighted by Gasteiger charge is -2.42. The van der Waals surface area contributed by atoms with Crippen molar-refractivity contribution in [1.82, 2.24) is 4.90 Å². The molecule has 0 bridgehead atoms. The number of halogens is 1. The van der Waals surface area contributed by atoms with Crippen molar-refractivity contribution in [3.05, 3.63) is 41.1 Å². The molecule has 0 aromatic heterocycles. The average Bonchev–Trinajstić information content (AvgIpc) is 2.52. The second kappa shape index (κ2) is 6.84. The number of hydrogen-bond acceptors (Lipinski definition) is 3. The van der Waals surface area contributed by atoms with Crippen LogP contribution in [0.15, 0.2) is 30.0 Å². The van der Waals surface area contributed by atoms with Crippen LogP contribution < -0.4 is 0 Å². The van der Waals surface area contributed by atoms with Gasteiger partial charge in [0.1, 0.15) is 0 Å². The van der Waals surface area contributed by atoms with Crippen molar-refractivity contribution in [2.24, 2.45) is 5.41 Å². The van der Waals surface area contributed by atoms with Gasteiger partial charge in [0.25, 0.3) is 0 Å². The minimum atomic E-state index is -0.402. The molecule has 1 aliphatic carbocycles. The first-order valence-electron chi connectivity index (χ1n) is 7.85. The summed E-state index contributed by atoms with van der Waals surface area (Å²) in [6.45, 7) is 7.50. The Morgan fingerprint density at radius 1 is 1.23 bits per heavy atom. The van der Waals surface area contributed by atoms with Crippen molar-refractivity contribution >= 4 is 24.3 Å². The van der Waals surface area contributed by atoms with E-state index in [1.165, 1.54) is 5.70 Å². The fourth-order valence-corrected chi connectivity index (χ4v) is 3.54. The van der Waals surface area contributed by atoms with Gasteiger partial charge >= 0.3 is 0 Å². The van der Waals surface area contributed by atoms with Gasteiger partial charge in [0.05, 0.1) is 18.6 Å². The van der Waals surface area contributed by atoms with E-state index in [0.29, 0.717) is 0 Å². The molecule has 3 nitrogen and oxygen atoms in total. The molecule has 1 fully saturated rings. The third kappa shape index (κ3) is 2.80. The number of rotatable bonds is 3. The van der Waals surface area contributed by atoms with Crippen molar-refractivity contribution in [3.8, 4) is 0 Å². The van der Waals surface area contributed by atoms with E-state index < -0.39 is 5.41 Å². The molecule has 0 amide bonds. The summed E-state index contributed by atoms with van der Waals surface area (Å²) in [5, 5.41) is 0. The summed E-state index contributed by atoms with van der Waals surface area (Å²) < 4.78 is 5.46. The fraction of sp³-hybridized carbons (Fsp3) is 0.500. The minimum Gasteiger partial charge on any atom is -0.378 e. The number of carbonyl (C=O) groups excluding carboxylic acids is 1. The van der Waals surface area contributed by atoms with E-state index in [1.807, 2.05) is 24.3 Å². The monoisotopic (exact) mass is 321 g/mol. The van der Waals surface area contributed by atoms with Gasteiger partial charge in [0, 0.05) is 24.4 Å². The standard InChI is InChI=1S/C18H23NO2.ClH/c1-3-8-18(2)16(19-9-11-21-12-10-19)13-14-6-4-5-7-15(14)17(18)20;/h4-7,13H,3,8-12H2,1-2H3;1H. The number of benzene rings is 1. The summed E-state index contributed by atoms with van der Waals surface area (Å²) >= 11 is 0. The Hall–Kier alpha value is -1.32. The average molecular weight is 322 g/mol. The summed E-state index contributed by atoms with van der Waals surface area (Å²) in [7, 11) is 0. The third-order valence-electron chi connectivity index (χ3n) is 4.67. The summed E-state index contributed by atoms with van der Waals surface area (Å²) in [5.41, 5.74) is 2.69. The Bertz CT molecular complexity index is 578. The molecule has 120 valence electrons. The molecule has 1 unspecified atom stereocenters. The molecule has 4 heteroatoms. The molecule has 0 N–H and O–H groups in total. The van der Waals surface area contributed by atoms with Crippen LogP contribution in [0.4, 0.5) is 0 Å². The number of Topliss-reactive ketones (excluding diaryl/α,β-unsaturated/α-hetero) is 1. The molecule has 1 atom stereocenters. The predicted molar refractivity (Wildman–Crippen MR) is 91.4 cm³/mol. The molecule has 1 aromatic rings. The topological polar surface area (TPSA) is 29.5 Å². The highest BCUT2D eigenvalue weighted by atomic mass is 35.5. The lowest BCUT2D eigenvalue weighted by Crippen LogP contribution is -2.45. The number of nitrogens with zero attached hydrogens (tertiary/aromatic N) is 1. The first kappa shape index (κ1) is 17.0. The summed E-state index contributed by atoms with van der Waals surface area (Å²) in [4.78, 5) is 15.4. The molecular formula is C18H24ClNO2. The van der Waals surface area contributed by atoms with Crippen LogP contribution in [-0.2, 0) is 4.74 Å². The van der Waals surface area contributed by atoms with Crippen LogP contribution in [-0.4, -0.2) is 37.0 Å². The largest absolute Gasteiger partial charge is 0.378 e. The van der Waals surface area contributed by atoms with Crippen molar-refractivity contribution in [3.63, 3.8) is 0 Å². The number of allylic oxidation sites excluding steroid dienone is 1. The summed E-state index contributed by atoms with van der Waals surface area (Å²) in [6, 6.07) is 7.95. The maximum Gasteiger partial charge on any atom is 0.175 e. The van der Waals surface area contributed by atoms with E-state index in [4.69, 9.17) is 4.74 Å². The van der Waals surface area contributed by atoms with Gasteiger partial charge in [-0.2, -0.15) is 0 Å². The van der Waals surface area contributed by atoms with Crippen LogP contribution in [0.1, 0.15) is 42.6 Å². The number of hydrogen-bond donors (Lipinski definition) is 0. The molecule has 0 saturated carbocycles. The zero-order valence-electron chi connectivity index (χ0n) is 13.3. The molecular weight excluding hydrogens is 298 g/mol. The second-order valence-electron chi connectivity index (χ2n) is 6.13. The Balaban J connectivity index is 0.00000176. The van der Waals surface area contributed by atoms with Crippen molar-refractivity contribution in [2.45, 2.75) is 26.7 Å². The number of morpholine rings is 1. The van der Waals surface area contributed by atoms with Gasteiger partial charge < -0.3 is 9.64 Å². The molecule has 1 aromatic carbocycles. The van der Waals surface area contributed by atoms with E-state index in [9.17, 15) is 4.79 Å². The second-order valence-corrected chi connectivity index (χ2v) is 6.13. The zero-order valence-corrected chi connectivity index (χ0v) is 14.1. The summed E-state index contributed by atoms with van der Waals surface area (Å²) in [6.07, 6.45) is 4.12. The van der Waals surface area contributed by atoms with E-state index in [-0.39, 0.29) is 18.2 Å². The highest BCUT2D eigenvalue weighted by molar-refractivity contribution is 6.07. The maximum atomic E-state index is 13.1. The lowest BCUT2D eigenvalue weighted by atomic mass is 9.70. The molecule has 2 aliphatic rings. The van der Waals surface area contributed by atoms with Gasteiger partial charge in [0.2, 0.25) is 0 Å². The van der Waals surface area contributed by atoms with E-state index in [1.54, 1.807) is 0 Å². The molecule has 1 heterocycles. The maximum absolute atomic E-state index is 13.1. The van der Waals surface area contributed by atoms with E-state index in [2.05, 4.69) is 24.8 Å². The van der Waals surface area contributed by atoms with E-state index >= 15 is 0 Å². The van der Waals surface area contributed by atoms with Crippen LogP contribution in [0, 0.1) is 5.41 Å². The van der Waals surface area contributed by atoms with Gasteiger partial charge in [-0.15, -0.1) is 12.4 Å². The van der Waals surface area contributed by atoms with Gasteiger partial charge in [-0.25, -0.2) is 0 Å². The SMILES string of the molecule is CCCC1(C)C(=O)c2ccccc2C=C1N1CCOCC1.Cl. The van der Waals surface area contributed by atoms with Gasteiger partial charge in [-0.3, -0.25) is 4.79 Å². The molecule has 3 rings (SSSR count). The Morgan fingerprint density at radius 2 is 1.91 bits per heavy atom. The molecule has 0 radical (unpaired) electrons. The highest BCUT2D eigenvalue weighted by Crippen LogP contribution is 2.43. The first-order chi connectivity index (χ1) is 10.2. The van der Waals surface area contributed by atoms with Crippen molar-refractivity contribution in [1.29, 1.82) is 0 Å². The molecule has 1 saturated heterocycles.